The van der Waals surface area contributed by atoms with Gasteiger partial charge in [-0.2, -0.15) is 13.2 Å². The minimum absolute atomic E-state index is 0. The van der Waals surface area contributed by atoms with Crippen molar-refractivity contribution in [2.24, 2.45) is 5.73 Å². The Morgan fingerprint density at radius 1 is 0.959 bits per heavy atom. The Kier molecular flexibility index (Phi) is 20.0. The zero-order chi connectivity index (χ0) is 34.7. The van der Waals surface area contributed by atoms with Gasteiger partial charge in [0.05, 0.1) is 21.1 Å². The van der Waals surface area contributed by atoms with Crippen LogP contribution in [0.5, 0.6) is 0 Å². The number of anilines is 2. The molecule has 1 atom stereocenters. The van der Waals surface area contributed by atoms with Gasteiger partial charge in [0.1, 0.15) is 0 Å². The van der Waals surface area contributed by atoms with Gasteiger partial charge in [0, 0.05) is 38.2 Å². The van der Waals surface area contributed by atoms with Gasteiger partial charge in [-0.3, -0.25) is 4.79 Å². The number of hydrogen-bond donors (Lipinski definition) is 2. The summed E-state index contributed by atoms with van der Waals surface area (Å²) in [5.41, 5.74) is 9.77. The Hall–Kier alpha value is -1.71. The smallest absolute Gasteiger partial charge is 1.00 e. The summed E-state index contributed by atoms with van der Waals surface area (Å²) < 4.78 is 38.3. The SMILES string of the molecule is CC(Br)C(=O)c1cccc(Cl)c1.Cc1cccc(CC(N)=S)c1.Cc1sc(Nc2cccc(C(F)(F)F)c2)nc1-c1cccc(Cl)c1.[F-].[K+]. The third-order valence-electron chi connectivity index (χ3n) is 6.27. The number of ketones is 1. The van der Waals surface area contributed by atoms with Crippen LogP contribution in [0.25, 0.3) is 11.3 Å². The average Bonchev–Trinajstić information content (AvgIpc) is 3.36. The molecule has 0 saturated carbocycles. The summed E-state index contributed by atoms with van der Waals surface area (Å²) in [5.74, 6) is 0.0532. The molecule has 49 heavy (non-hydrogen) atoms. The summed E-state index contributed by atoms with van der Waals surface area (Å²) in [6.07, 6.45) is -3.67. The Bertz CT molecular complexity index is 1840. The van der Waals surface area contributed by atoms with Gasteiger partial charge < -0.3 is 15.8 Å². The van der Waals surface area contributed by atoms with Crippen molar-refractivity contribution >= 4 is 84.3 Å². The number of alkyl halides is 4. The van der Waals surface area contributed by atoms with Crippen molar-refractivity contribution < 1.29 is 74.1 Å². The fourth-order valence-corrected chi connectivity index (χ4v) is 5.81. The predicted molar refractivity (Wildman–Crippen MR) is 198 cm³/mol. The zero-order valence-electron chi connectivity index (χ0n) is 26.9. The second-order valence-electron chi connectivity index (χ2n) is 10.3. The van der Waals surface area contributed by atoms with E-state index in [9.17, 15) is 18.0 Å². The van der Waals surface area contributed by atoms with E-state index in [1.807, 2.05) is 31.2 Å². The van der Waals surface area contributed by atoms with Crippen LogP contribution in [-0.2, 0) is 12.6 Å². The molecular weight excluding hydrogens is 808 g/mol. The summed E-state index contributed by atoms with van der Waals surface area (Å²) in [4.78, 5) is 17.2. The number of Topliss-reactive ketones (excluding diaryl/α,β-unsaturated/α-hetero) is 1. The van der Waals surface area contributed by atoms with E-state index in [1.54, 1.807) is 49.4 Å². The van der Waals surface area contributed by atoms with Crippen molar-refractivity contribution in [1.29, 1.82) is 0 Å². The van der Waals surface area contributed by atoms with E-state index in [-0.39, 0.29) is 66.7 Å². The number of carbonyl (C=O) groups is 1. The topological polar surface area (TPSA) is 68.0 Å². The largest absolute Gasteiger partial charge is 1.00 e. The molecule has 4 aromatic carbocycles. The average molecular weight is 840 g/mol. The van der Waals surface area contributed by atoms with Gasteiger partial charge in [-0.15, -0.1) is 11.3 Å². The van der Waals surface area contributed by atoms with Crippen LogP contribution in [0, 0.1) is 13.8 Å². The molecule has 0 aliphatic carbocycles. The maximum atomic E-state index is 12.8. The van der Waals surface area contributed by atoms with Crippen LogP contribution in [0.2, 0.25) is 10.0 Å². The fourth-order valence-electron chi connectivity index (χ4n) is 4.14. The predicted octanol–water partition coefficient (Wildman–Crippen LogP) is 5.67. The number of nitrogens with two attached hydrogens (primary N) is 1. The molecule has 0 spiro atoms. The molecule has 5 rings (SSSR count). The van der Waals surface area contributed by atoms with Crippen LogP contribution < -0.4 is 67.1 Å². The first-order valence-corrected chi connectivity index (χ1v) is 17.0. The zero-order valence-corrected chi connectivity index (χ0v) is 34.8. The summed E-state index contributed by atoms with van der Waals surface area (Å²) in [5, 5.41) is 4.66. The second-order valence-corrected chi connectivity index (χ2v) is 14.2. The van der Waals surface area contributed by atoms with E-state index < -0.39 is 11.7 Å². The van der Waals surface area contributed by atoms with Gasteiger partial charge in [0.2, 0.25) is 0 Å². The van der Waals surface area contributed by atoms with Gasteiger partial charge in [-0.25, -0.2) is 4.98 Å². The van der Waals surface area contributed by atoms with Gasteiger partial charge in [-0.05, 0) is 68.8 Å². The molecule has 1 unspecified atom stereocenters. The molecule has 0 aliphatic heterocycles. The summed E-state index contributed by atoms with van der Waals surface area (Å²) in [6.45, 7) is 5.76. The molecule has 3 N–H and O–H groups in total. The first-order valence-electron chi connectivity index (χ1n) is 14.1. The number of nitrogens with one attached hydrogen (secondary N) is 1. The standard InChI is InChI=1S/C17H12ClF3N2S.C9H8BrClO.C9H11NS.FH.K/c1-10-15(11-4-2-6-13(18)8-11)23-16(24-10)22-14-7-3-5-12(9-14)17(19,20)21;1-6(10)9(12)7-3-2-4-8(11)5-7;1-7-3-2-4-8(5-7)6-9(10)11;;/h2-9H,1H3,(H,22,23);2-6H,1H3;2-5H,6H2,1H3,(H2,10,11);1H;/q;;;;+1/p-1. The van der Waals surface area contributed by atoms with Crippen molar-refractivity contribution in [2.75, 3.05) is 5.32 Å². The summed E-state index contributed by atoms with van der Waals surface area (Å²) in [6, 6.07) is 27.5. The number of aryl methyl sites for hydroxylation is 2. The minimum Gasteiger partial charge on any atom is -1.00 e. The van der Waals surface area contributed by atoms with Crippen LogP contribution in [0.1, 0.15) is 38.8 Å². The third kappa shape index (κ3) is 15.6. The van der Waals surface area contributed by atoms with E-state index >= 15 is 0 Å². The number of hydrogen-bond acceptors (Lipinski definition) is 5. The number of rotatable bonds is 7. The first-order chi connectivity index (χ1) is 22.1. The molecule has 254 valence electrons. The Balaban J connectivity index is 0.000000405. The molecule has 4 nitrogen and oxygen atoms in total. The van der Waals surface area contributed by atoms with Crippen molar-refractivity contribution in [3.05, 3.63) is 134 Å². The summed E-state index contributed by atoms with van der Waals surface area (Å²) in [7, 11) is 0. The number of benzene rings is 4. The number of halogens is 7. The minimum atomic E-state index is -4.37. The molecule has 0 amide bonds. The Labute approximate surface area is 353 Å². The molecular formula is C35H31BrCl2F4KN3OS2. The van der Waals surface area contributed by atoms with E-state index in [4.69, 9.17) is 41.2 Å². The van der Waals surface area contributed by atoms with Crippen molar-refractivity contribution in [1.82, 2.24) is 4.98 Å². The van der Waals surface area contributed by atoms with E-state index in [1.165, 1.54) is 28.5 Å². The van der Waals surface area contributed by atoms with Crippen molar-refractivity contribution in [3.8, 4) is 11.3 Å². The van der Waals surface area contributed by atoms with Crippen LogP contribution in [-0.4, -0.2) is 20.6 Å². The molecule has 0 radical (unpaired) electrons. The maximum Gasteiger partial charge on any atom is 1.00 e. The van der Waals surface area contributed by atoms with Crippen LogP contribution in [0.15, 0.2) is 97.1 Å². The Morgan fingerprint density at radius 3 is 2.14 bits per heavy atom. The van der Waals surface area contributed by atoms with Crippen LogP contribution in [0.4, 0.5) is 24.0 Å². The Morgan fingerprint density at radius 2 is 1.57 bits per heavy atom. The molecule has 0 fully saturated rings. The van der Waals surface area contributed by atoms with Crippen LogP contribution >= 0.6 is 62.7 Å². The van der Waals surface area contributed by atoms with E-state index in [0.29, 0.717) is 37.8 Å². The van der Waals surface area contributed by atoms with Gasteiger partial charge in [0.25, 0.3) is 0 Å². The van der Waals surface area contributed by atoms with Crippen LogP contribution in [0.3, 0.4) is 0 Å². The number of nitrogens with zero attached hydrogens (tertiary/aromatic N) is 1. The number of thiocarbonyl (C=S) groups is 1. The normalized spacial score (nSPS) is 10.9. The summed E-state index contributed by atoms with van der Waals surface area (Å²) >= 11 is 21.1. The van der Waals surface area contributed by atoms with E-state index in [2.05, 4.69) is 45.3 Å². The van der Waals surface area contributed by atoms with E-state index in [0.717, 1.165) is 28.3 Å². The number of carbonyl (C=O) groups excluding carboxylic acids is 1. The van der Waals surface area contributed by atoms with Gasteiger partial charge in [-0.1, -0.05) is 112 Å². The maximum absolute atomic E-state index is 12.8. The fraction of sp³-hybridized carbons (Fsp3) is 0.171. The molecule has 0 saturated heterocycles. The second kappa shape index (κ2) is 21.6. The third-order valence-corrected chi connectivity index (χ3v) is 8.18. The number of thiazole rings is 1. The molecule has 0 aliphatic rings. The van der Waals surface area contributed by atoms with Gasteiger partial charge in [0.15, 0.2) is 10.9 Å². The number of aromatic nitrogens is 1. The molecule has 5 aromatic rings. The monoisotopic (exact) mass is 837 g/mol. The van der Waals surface area contributed by atoms with Crippen molar-refractivity contribution in [2.45, 2.75) is 38.2 Å². The first kappa shape index (κ1) is 45.3. The van der Waals surface area contributed by atoms with Crippen molar-refractivity contribution in [3.63, 3.8) is 0 Å². The molecule has 0 bridgehead atoms. The van der Waals surface area contributed by atoms with Gasteiger partial charge >= 0.3 is 57.6 Å². The molecule has 1 aromatic heterocycles. The quantitative estimate of drug-likeness (QED) is 0.0728. The molecule has 14 heteroatoms. The molecule has 1 heterocycles.